The molecule has 3 aliphatic rings. The van der Waals surface area contributed by atoms with E-state index in [1.165, 1.54) is 19.3 Å². The number of benzene rings is 1. The fourth-order valence-electron chi connectivity index (χ4n) is 5.19. The Morgan fingerprint density at radius 2 is 1.90 bits per heavy atom. The van der Waals surface area contributed by atoms with Gasteiger partial charge in [0.05, 0.1) is 24.0 Å². The molecule has 6 heteroatoms. The molecule has 2 N–H and O–H groups in total. The molecule has 5 nitrogen and oxygen atoms in total. The SMILES string of the molecule is O=C(CN1c2ccccc2NC2=C(C(=O)CCC2)C1c1cccs1)NC1CCCCC1. The van der Waals surface area contributed by atoms with Crippen LogP contribution in [0.3, 0.4) is 0 Å². The molecule has 0 spiro atoms. The lowest BCUT2D eigenvalue weighted by Gasteiger charge is -2.34. The quantitative estimate of drug-likeness (QED) is 0.695. The Kier molecular flexibility index (Phi) is 5.81. The van der Waals surface area contributed by atoms with E-state index in [-0.39, 0.29) is 30.3 Å². The van der Waals surface area contributed by atoms with Crippen LogP contribution in [-0.4, -0.2) is 24.3 Å². The second-order valence-corrected chi connectivity index (χ2v) is 9.74. The van der Waals surface area contributed by atoms with E-state index in [0.717, 1.165) is 53.2 Å². The van der Waals surface area contributed by atoms with Crippen LogP contribution < -0.4 is 15.5 Å². The first kappa shape index (κ1) is 20.3. The zero-order valence-electron chi connectivity index (χ0n) is 17.7. The summed E-state index contributed by atoms with van der Waals surface area (Å²) in [6.07, 6.45) is 8.05. The maximum Gasteiger partial charge on any atom is 0.239 e. The molecule has 1 aliphatic heterocycles. The summed E-state index contributed by atoms with van der Waals surface area (Å²) in [5.74, 6) is 0.230. The molecule has 1 amide bonds. The van der Waals surface area contributed by atoms with Gasteiger partial charge in [0.1, 0.15) is 0 Å². The molecule has 1 aromatic carbocycles. The summed E-state index contributed by atoms with van der Waals surface area (Å²) in [6.45, 7) is 0.238. The van der Waals surface area contributed by atoms with Gasteiger partial charge >= 0.3 is 0 Å². The van der Waals surface area contributed by atoms with Gasteiger partial charge in [0.15, 0.2) is 5.78 Å². The zero-order valence-corrected chi connectivity index (χ0v) is 18.5. The number of ketones is 1. The molecular weight excluding hydrogens is 406 g/mol. The predicted octanol–water partition coefficient (Wildman–Crippen LogP) is 5.18. The number of nitrogens with one attached hydrogen (secondary N) is 2. The number of amides is 1. The van der Waals surface area contributed by atoms with Gasteiger partial charge in [0.25, 0.3) is 0 Å². The summed E-state index contributed by atoms with van der Waals surface area (Å²) >= 11 is 1.65. The second kappa shape index (κ2) is 8.87. The Morgan fingerprint density at radius 1 is 1.06 bits per heavy atom. The number of Topliss-reactive ketones (excluding diaryl/α,β-unsaturated/α-hetero) is 1. The van der Waals surface area contributed by atoms with Crippen LogP contribution in [0.15, 0.2) is 53.0 Å². The number of hydrogen-bond donors (Lipinski definition) is 2. The van der Waals surface area contributed by atoms with Gasteiger partial charge in [-0.05, 0) is 49.3 Å². The highest BCUT2D eigenvalue weighted by Gasteiger charge is 2.38. The van der Waals surface area contributed by atoms with Gasteiger partial charge in [0.2, 0.25) is 5.91 Å². The van der Waals surface area contributed by atoms with Gasteiger partial charge in [-0.3, -0.25) is 9.59 Å². The van der Waals surface area contributed by atoms with E-state index < -0.39 is 0 Å². The number of fused-ring (bicyclic) bond motifs is 1. The van der Waals surface area contributed by atoms with Gasteiger partial charge in [0, 0.05) is 28.6 Å². The molecule has 2 aromatic rings. The molecule has 1 atom stereocenters. The zero-order chi connectivity index (χ0) is 21.2. The average Bonchev–Trinajstić information content (AvgIpc) is 3.26. The van der Waals surface area contributed by atoms with E-state index in [1.54, 1.807) is 11.3 Å². The highest BCUT2D eigenvalue weighted by Crippen LogP contribution is 2.45. The molecule has 0 radical (unpaired) electrons. The van der Waals surface area contributed by atoms with Gasteiger partial charge in [-0.2, -0.15) is 0 Å². The third-order valence-corrected chi connectivity index (χ3v) is 7.56. The fourth-order valence-corrected chi connectivity index (χ4v) is 6.04. The first-order chi connectivity index (χ1) is 15.2. The Morgan fingerprint density at radius 3 is 2.71 bits per heavy atom. The highest BCUT2D eigenvalue weighted by atomic mass is 32.1. The number of carbonyl (C=O) groups excluding carboxylic acids is 2. The van der Waals surface area contributed by atoms with Crippen LogP contribution in [0.4, 0.5) is 11.4 Å². The van der Waals surface area contributed by atoms with Gasteiger partial charge in [-0.15, -0.1) is 11.3 Å². The smallest absolute Gasteiger partial charge is 0.239 e. The molecule has 0 saturated heterocycles. The average molecular weight is 436 g/mol. The Labute approximate surface area is 187 Å². The third kappa shape index (κ3) is 4.13. The van der Waals surface area contributed by atoms with Crippen LogP contribution in [0.2, 0.25) is 0 Å². The second-order valence-electron chi connectivity index (χ2n) is 8.76. The van der Waals surface area contributed by atoms with Crippen LogP contribution >= 0.6 is 11.3 Å². The van der Waals surface area contributed by atoms with E-state index in [2.05, 4.69) is 27.7 Å². The third-order valence-electron chi connectivity index (χ3n) is 6.64. The first-order valence-corrected chi connectivity index (χ1v) is 12.3. The van der Waals surface area contributed by atoms with Crippen molar-refractivity contribution in [2.75, 3.05) is 16.8 Å². The molecular formula is C25H29N3O2S. The topological polar surface area (TPSA) is 61.4 Å². The maximum absolute atomic E-state index is 13.2. The predicted molar refractivity (Wildman–Crippen MR) is 125 cm³/mol. The first-order valence-electron chi connectivity index (χ1n) is 11.4. The van der Waals surface area contributed by atoms with Crippen LogP contribution in [0.5, 0.6) is 0 Å². The summed E-state index contributed by atoms with van der Waals surface area (Å²) in [6, 6.07) is 12.2. The van der Waals surface area contributed by atoms with E-state index in [9.17, 15) is 9.59 Å². The van der Waals surface area contributed by atoms with Crippen molar-refractivity contribution in [1.29, 1.82) is 0 Å². The van der Waals surface area contributed by atoms with E-state index >= 15 is 0 Å². The lowest BCUT2D eigenvalue weighted by atomic mass is 9.88. The molecule has 5 rings (SSSR count). The van der Waals surface area contributed by atoms with Crippen LogP contribution in [0, 0.1) is 0 Å². The maximum atomic E-state index is 13.2. The van der Waals surface area contributed by atoms with Crippen molar-refractivity contribution in [3.05, 3.63) is 57.9 Å². The lowest BCUT2D eigenvalue weighted by Crippen LogP contribution is -2.44. The Bertz CT molecular complexity index is 992. The number of hydrogen-bond acceptors (Lipinski definition) is 5. The number of carbonyl (C=O) groups is 2. The number of allylic oxidation sites excluding steroid dienone is 1. The molecule has 2 aliphatic carbocycles. The Hall–Kier alpha value is -2.60. The van der Waals surface area contributed by atoms with Crippen molar-refractivity contribution in [3.8, 4) is 0 Å². The van der Waals surface area contributed by atoms with Gasteiger partial charge in [-0.1, -0.05) is 37.5 Å². The molecule has 2 heterocycles. The van der Waals surface area contributed by atoms with E-state index in [0.29, 0.717) is 6.42 Å². The normalized spacial score (nSPS) is 21.7. The number of thiophene rings is 1. The molecule has 1 aromatic heterocycles. The summed E-state index contributed by atoms with van der Waals surface area (Å²) in [4.78, 5) is 29.6. The summed E-state index contributed by atoms with van der Waals surface area (Å²) < 4.78 is 0. The number of rotatable bonds is 4. The van der Waals surface area contributed by atoms with Crippen LogP contribution in [0.1, 0.15) is 62.3 Å². The Balaban J connectivity index is 1.54. The minimum Gasteiger partial charge on any atom is -0.357 e. The monoisotopic (exact) mass is 435 g/mol. The lowest BCUT2D eigenvalue weighted by molar-refractivity contribution is -0.121. The highest BCUT2D eigenvalue weighted by molar-refractivity contribution is 7.10. The minimum atomic E-state index is -0.240. The summed E-state index contributed by atoms with van der Waals surface area (Å²) in [7, 11) is 0. The van der Waals surface area contributed by atoms with Crippen molar-refractivity contribution >= 4 is 34.4 Å². The minimum absolute atomic E-state index is 0.0376. The van der Waals surface area contributed by atoms with Crippen molar-refractivity contribution in [2.24, 2.45) is 0 Å². The van der Waals surface area contributed by atoms with Crippen molar-refractivity contribution in [2.45, 2.75) is 63.5 Å². The van der Waals surface area contributed by atoms with Gasteiger partial charge in [-0.25, -0.2) is 0 Å². The van der Waals surface area contributed by atoms with E-state index in [1.807, 2.05) is 29.6 Å². The summed E-state index contributed by atoms with van der Waals surface area (Å²) in [5, 5.41) is 8.88. The van der Waals surface area contributed by atoms with Crippen LogP contribution in [-0.2, 0) is 9.59 Å². The number of anilines is 2. The van der Waals surface area contributed by atoms with Crippen molar-refractivity contribution in [1.82, 2.24) is 5.32 Å². The summed E-state index contributed by atoms with van der Waals surface area (Å²) in [5.41, 5.74) is 3.78. The van der Waals surface area contributed by atoms with Crippen molar-refractivity contribution < 1.29 is 9.59 Å². The molecule has 1 saturated carbocycles. The number of nitrogens with zero attached hydrogens (tertiary/aromatic N) is 1. The fraction of sp³-hybridized carbons (Fsp3) is 0.440. The largest absolute Gasteiger partial charge is 0.357 e. The van der Waals surface area contributed by atoms with E-state index in [4.69, 9.17) is 0 Å². The van der Waals surface area contributed by atoms with Crippen molar-refractivity contribution in [3.63, 3.8) is 0 Å². The molecule has 1 fully saturated rings. The number of para-hydroxylation sites is 2. The molecule has 162 valence electrons. The van der Waals surface area contributed by atoms with Gasteiger partial charge < -0.3 is 15.5 Å². The molecule has 0 bridgehead atoms. The molecule has 1 unspecified atom stereocenters. The molecule has 31 heavy (non-hydrogen) atoms. The standard InChI is InChI=1S/C25H29N3O2S/c29-21-13-6-11-19-24(21)25(22-14-7-15-31-22)28(20-12-5-4-10-18(20)27-19)16-23(30)26-17-8-2-1-3-9-17/h4-5,7,10,12,14-15,17,25,27H,1-3,6,8-9,11,13,16H2,(H,26,30). The van der Waals surface area contributed by atoms with Crippen LogP contribution in [0.25, 0.3) is 0 Å².